The van der Waals surface area contributed by atoms with E-state index in [4.69, 9.17) is 4.55 Å². The summed E-state index contributed by atoms with van der Waals surface area (Å²) in [6.45, 7) is 0. The third-order valence-corrected chi connectivity index (χ3v) is 3.41. The molecular formula is C10H9BrFNO3S. The summed E-state index contributed by atoms with van der Waals surface area (Å²) in [7, 11) is -4.13. The van der Waals surface area contributed by atoms with Crippen molar-refractivity contribution >= 4 is 31.8 Å². The van der Waals surface area contributed by atoms with Crippen LogP contribution in [0.5, 0.6) is 0 Å². The summed E-state index contributed by atoms with van der Waals surface area (Å²) >= 11 is 3.17. The average molecular weight is 322 g/mol. The molecule has 0 saturated heterocycles. The van der Waals surface area contributed by atoms with Gasteiger partial charge in [0.1, 0.15) is 5.82 Å². The van der Waals surface area contributed by atoms with Crippen molar-refractivity contribution in [1.29, 1.82) is 0 Å². The molecule has 1 aliphatic carbocycles. The van der Waals surface area contributed by atoms with Crippen LogP contribution < -0.4 is 0 Å². The van der Waals surface area contributed by atoms with Gasteiger partial charge in [0, 0.05) is 15.7 Å². The highest BCUT2D eigenvalue weighted by Gasteiger charge is 2.22. The minimum absolute atomic E-state index is 0.327. The largest absolute Gasteiger partial charge is 0.285 e. The number of rotatable bonds is 2. The van der Waals surface area contributed by atoms with E-state index in [1.165, 1.54) is 6.07 Å². The van der Waals surface area contributed by atoms with Crippen LogP contribution in [0.1, 0.15) is 17.5 Å². The topological polar surface area (TPSA) is 66.7 Å². The average Bonchev–Trinajstić information content (AvgIpc) is 2.57. The fourth-order valence-electron chi connectivity index (χ4n) is 1.82. The maximum Gasteiger partial charge on any atom is 0.285 e. The van der Waals surface area contributed by atoms with Crippen molar-refractivity contribution in [3.63, 3.8) is 0 Å². The van der Waals surface area contributed by atoms with Gasteiger partial charge in [0.25, 0.3) is 10.1 Å². The summed E-state index contributed by atoms with van der Waals surface area (Å²) in [5, 5.41) is 0. The Morgan fingerprint density at radius 2 is 2.12 bits per heavy atom. The van der Waals surface area contributed by atoms with Gasteiger partial charge in [0.05, 0.1) is 0 Å². The van der Waals surface area contributed by atoms with Crippen LogP contribution in [0.2, 0.25) is 0 Å². The third-order valence-electron chi connectivity index (χ3n) is 2.50. The zero-order chi connectivity index (χ0) is 12.6. The molecule has 92 valence electrons. The van der Waals surface area contributed by atoms with Gasteiger partial charge in [-0.2, -0.15) is 8.42 Å². The van der Waals surface area contributed by atoms with Crippen LogP contribution in [0.15, 0.2) is 21.6 Å². The molecule has 0 saturated carbocycles. The van der Waals surface area contributed by atoms with E-state index in [9.17, 15) is 12.8 Å². The predicted octanol–water partition coefficient (Wildman–Crippen LogP) is 2.17. The van der Waals surface area contributed by atoms with Crippen molar-refractivity contribution < 1.29 is 17.4 Å². The lowest BCUT2D eigenvalue weighted by Crippen LogP contribution is -2.05. The molecule has 17 heavy (non-hydrogen) atoms. The van der Waals surface area contributed by atoms with Crippen LogP contribution in [-0.4, -0.2) is 24.6 Å². The van der Waals surface area contributed by atoms with E-state index in [0.29, 0.717) is 34.2 Å². The molecule has 4 nitrogen and oxygen atoms in total. The molecule has 0 aliphatic heterocycles. The van der Waals surface area contributed by atoms with E-state index in [1.807, 2.05) is 0 Å². The van der Waals surface area contributed by atoms with E-state index < -0.39 is 16.0 Å². The van der Waals surface area contributed by atoms with Crippen LogP contribution in [-0.2, 0) is 16.5 Å². The fourth-order valence-corrected chi connectivity index (χ4v) is 2.57. The second-order valence-corrected chi connectivity index (χ2v) is 6.07. The molecule has 1 aliphatic rings. The van der Waals surface area contributed by atoms with E-state index in [0.717, 1.165) is 0 Å². The second-order valence-electron chi connectivity index (χ2n) is 3.73. The monoisotopic (exact) mass is 321 g/mol. The first-order valence-corrected chi connectivity index (χ1v) is 7.24. The molecule has 0 atom stereocenters. The molecule has 1 aromatic carbocycles. The summed E-state index contributed by atoms with van der Waals surface area (Å²) in [6, 6.07) is 3.07. The standard InChI is InChI=1S/C10H9BrFNO3S/c11-6-3-8-7(9(12)4-6)1-2-10(8)13-5-17(14,15)16/h3-4H,1-2,5H2,(H,14,15,16). The van der Waals surface area contributed by atoms with Gasteiger partial charge in [-0.05, 0) is 30.5 Å². The van der Waals surface area contributed by atoms with Gasteiger partial charge in [-0.25, -0.2) is 4.39 Å². The number of aliphatic imine (C=N–C) groups is 1. The molecule has 0 bridgehead atoms. The van der Waals surface area contributed by atoms with Gasteiger partial charge in [0.15, 0.2) is 5.88 Å². The highest BCUT2D eigenvalue weighted by molar-refractivity contribution is 9.10. The molecule has 0 fully saturated rings. The lowest BCUT2D eigenvalue weighted by Gasteiger charge is -2.02. The van der Waals surface area contributed by atoms with Crippen LogP contribution >= 0.6 is 15.9 Å². The molecule has 0 amide bonds. The first-order valence-electron chi connectivity index (χ1n) is 4.83. The maximum absolute atomic E-state index is 13.5. The highest BCUT2D eigenvalue weighted by Crippen LogP contribution is 2.28. The molecule has 0 aromatic heterocycles. The number of halogens is 2. The number of hydrogen-bond acceptors (Lipinski definition) is 3. The quantitative estimate of drug-likeness (QED) is 0.849. The smallest absolute Gasteiger partial charge is 0.284 e. The first kappa shape index (κ1) is 12.7. The van der Waals surface area contributed by atoms with E-state index in [1.54, 1.807) is 6.07 Å². The summed E-state index contributed by atoms with van der Waals surface area (Å²) in [5.41, 5.74) is 1.67. The van der Waals surface area contributed by atoms with Crippen molar-refractivity contribution in [3.8, 4) is 0 Å². The van der Waals surface area contributed by atoms with Crippen LogP contribution in [0, 0.1) is 5.82 Å². The summed E-state index contributed by atoms with van der Waals surface area (Å²) in [6.07, 6.45) is 0.983. The lowest BCUT2D eigenvalue weighted by molar-refractivity contribution is 0.484. The molecule has 0 spiro atoms. The van der Waals surface area contributed by atoms with Gasteiger partial charge in [0.2, 0.25) is 0 Å². The van der Waals surface area contributed by atoms with Crippen molar-refractivity contribution in [2.45, 2.75) is 12.8 Å². The van der Waals surface area contributed by atoms with Crippen molar-refractivity contribution in [3.05, 3.63) is 33.5 Å². The normalized spacial score (nSPS) is 17.5. The van der Waals surface area contributed by atoms with Crippen LogP contribution in [0.3, 0.4) is 0 Å². The number of benzene rings is 1. The van der Waals surface area contributed by atoms with Gasteiger partial charge >= 0.3 is 0 Å². The van der Waals surface area contributed by atoms with Gasteiger partial charge in [-0.1, -0.05) is 15.9 Å². The van der Waals surface area contributed by atoms with E-state index >= 15 is 0 Å². The number of hydrogen-bond donors (Lipinski definition) is 1. The Morgan fingerprint density at radius 1 is 1.41 bits per heavy atom. The van der Waals surface area contributed by atoms with E-state index in [2.05, 4.69) is 20.9 Å². The van der Waals surface area contributed by atoms with Crippen molar-refractivity contribution in [2.24, 2.45) is 4.99 Å². The van der Waals surface area contributed by atoms with Gasteiger partial charge < -0.3 is 0 Å². The Hall–Kier alpha value is -0.790. The SMILES string of the molecule is O=S(=O)(O)CN=C1CCc2c(F)cc(Br)cc21. The molecule has 7 heteroatoms. The summed E-state index contributed by atoms with van der Waals surface area (Å²) in [4.78, 5) is 3.81. The Labute approximate surface area is 106 Å². The van der Waals surface area contributed by atoms with E-state index in [-0.39, 0.29) is 5.82 Å². The minimum Gasteiger partial charge on any atom is -0.284 e. The molecular weight excluding hydrogens is 313 g/mol. The zero-order valence-corrected chi connectivity index (χ0v) is 11.1. The molecule has 2 rings (SSSR count). The number of nitrogens with zero attached hydrogens (tertiary/aromatic N) is 1. The summed E-state index contributed by atoms with van der Waals surface area (Å²) < 4.78 is 43.9. The lowest BCUT2D eigenvalue weighted by atomic mass is 10.1. The van der Waals surface area contributed by atoms with Gasteiger partial charge in [-0.3, -0.25) is 9.55 Å². The Bertz CT molecular complexity index is 598. The maximum atomic E-state index is 13.5. The van der Waals surface area contributed by atoms with Gasteiger partial charge in [-0.15, -0.1) is 0 Å². The second kappa shape index (κ2) is 4.47. The molecule has 0 radical (unpaired) electrons. The fraction of sp³-hybridized carbons (Fsp3) is 0.300. The Kier molecular flexibility index (Phi) is 3.33. The predicted molar refractivity (Wildman–Crippen MR) is 65.4 cm³/mol. The molecule has 1 aromatic rings. The molecule has 1 N–H and O–H groups in total. The Balaban J connectivity index is 2.40. The van der Waals surface area contributed by atoms with Crippen LogP contribution in [0.25, 0.3) is 0 Å². The van der Waals surface area contributed by atoms with Crippen molar-refractivity contribution in [2.75, 3.05) is 5.88 Å². The highest BCUT2D eigenvalue weighted by atomic mass is 79.9. The first-order chi connectivity index (χ1) is 7.87. The van der Waals surface area contributed by atoms with Crippen LogP contribution in [0.4, 0.5) is 4.39 Å². The number of fused-ring (bicyclic) bond motifs is 1. The minimum atomic E-state index is -4.13. The van der Waals surface area contributed by atoms with Crippen molar-refractivity contribution in [1.82, 2.24) is 0 Å². The zero-order valence-electron chi connectivity index (χ0n) is 8.65. The summed E-state index contributed by atoms with van der Waals surface area (Å²) in [5.74, 6) is -1.01. The Morgan fingerprint density at radius 3 is 2.76 bits per heavy atom. The third kappa shape index (κ3) is 2.91. The molecule has 0 unspecified atom stereocenters. The molecule has 0 heterocycles.